The quantitative estimate of drug-likeness (QED) is 0.611. The van der Waals surface area contributed by atoms with Crippen molar-refractivity contribution in [3.8, 4) is 0 Å². The summed E-state index contributed by atoms with van der Waals surface area (Å²) in [6.45, 7) is 2.80. The van der Waals surface area contributed by atoms with E-state index >= 15 is 0 Å². The molecular weight excluding hydrogens is 292 g/mol. The number of hydrogen-bond acceptors (Lipinski definition) is 4. The van der Waals surface area contributed by atoms with E-state index in [-0.39, 0.29) is 24.7 Å². The number of hydrogen-bond donors (Lipinski definition) is 3. The molecule has 0 saturated heterocycles. The lowest BCUT2D eigenvalue weighted by atomic mass is 10.2. The molecule has 1 aromatic heterocycles. The summed E-state index contributed by atoms with van der Waals surface area (Å²) >= 11 is 1.17. The van der Waals surface area contributed by atoms with E-state index in [9.17, 15) is 9.59 Å². The van der Waals surface area contributed by atoms with Crippen LogP contribution < -0.4 is 5.32 Å². The van der Waals surface area contributed by atoms with Crippen LogP contribution in [0.4, 0.5) is 9.80 Å². The third-order valence-electron chi connectivity index (χ3n) is 3.05. The Morgan fingerprint density at radius 1 is 1.29 bits per heavy atom. The first-order valence-corrected chi connectivity index (χ1v) is 7.95. The number of rotatable bonds is 9. The van der Waals surface area contributed by atoms with Gasteiger partial charge in [0, 0.05) is 13.1 Å². The molecule has 3 N–H and O–H groups in total. The van der Waals surface area contributed by atoms with Gasteiger partial charge in [-0.05, 0) is 17.9 Å². The molecule has 0 aliphatic carbocycles. The molecule has 1 rings (SSSR count). The smallest absolute Gasteiger partial charge is 0.338 e. The summed E-state index contributed by atoms with van der Waals surface area (Å²) in [5.74, 6) is -1.07. The van der Waals surface area contributed by atoms with Gasteiger partial charge in [-0.15, -0.1) is 11.3 Å². The van der Waals surface area contributed by atoms with Crippen molar-refractivity contribution in [2.24, 2.45) is 0 Å². The van der Waals surface area contributed by atoms with Gasteiger partial charge < -0.3 is 15.1 Å². The Balaban J connectivity index is 2.59. The predicted octanol–water partition coefficient (Wildman–Crippen LogP) is 2.85. The molecule has 0 saturated carbocycles. The van der Waals surface area contributed by atoms with E-state index in [0.29, 0.717) is 11.5 Å². The van der Waals surface area contributed by atoms with Crippen LogP contribution in [0.3, 0.4) is 0 Å². The molecule has 1 heterocycles. The number of carboxylic acids is 1. The first-order chi connectivity index (χ1) is 10.1. The minimum Gasteiger partial charge on any atom is -0.478 e. The molecule has 118 valence electrons. The van der Waals surface area contributed by atoms with Crippen molar-refractivity contribution in [1.29, 1.82) is 0 Å². The van der Waals surface area contributed by atoms with E-state index in [2.05, 4.69) is 12.2 Å². The second-order valence-electron chi connectivity index (χ2n) is 4.67. The zero-order valence-electron chi connectivity index (χ0n) is 12.2. The molecule has 2 amide bonds. The number of carbonyl (C=O) groups is 2. The average molecular weight is 314 g/mol. The summed E-state index contributed by atoms with van der Waals surface area (Å²) in [5.41, 5.74) is 0.0864. The third-order valence-corrected chi connectivity index (χ3v) is 3.88. The van der Waals surface area contributed by atoms with Gasteiger partial charge in [-0.25, -0.2) is 9.59 Å². The first-order valence-electron chi connectivity index (χ1n) is 7.07. The highest BCUT2D eigenvalue weighted by Crippen LogP contribution is 2.23. The largest absolute Gasteiger partial charge is 0.478 e. The van der Waals surface area contributed by atoms with E-state index in [0.717, 1.165) is 25.7 Å². The number of carboxylic acid groups (broad SMARTS) is 1. The van der Waals surface area contributed by atoms with Gasteiger partial charge in [-0.2, -0.15) is 0 Å². The monoisotopic (exact) mass is 314 g/mol. The van der Waals surface area contributed by atoms with Crippen molar-refractivity contribution in [1.82, 2.24) is 4.90 Å². The van der Waals surface area contributed by atoms with Crippen LogP contribution in [0.15, 0.2) is 11.4 Å². The van der Waals surface area contributed by atoms with E-state index in [1.165, 1.54) is 22.3 Å². The Morgan fingerprint density at radius 3 is 2.67 bits per heavy atom. The summed E-state index contributed by atoms with van der Waals surface area (Å²) in [6, 6.07) is 1.09. The van der Waals surface area contributed by atoms with Crippen LogP contribution in [0.2, 0.25) is 0 Å². The minimum absolute atomic E-state index is 0.0864. The number of nitrogens with one attached hydrogen (secondary N) is 1. The molecule has 0 aliphatic rings. The summed E-state index contributed by atoms with van der Waals surface area (Å²) in [5, 5.41) is 22.6. The van der Waals surface area contributed by atoms with Crippen molar-refractivity contribution < 1.29 is 19.8 Å². The van der Waals surface area contributed by atoms with Gasteiger partial charge in [0.15, 0.2) is 0 Å². The van der Waals surface area contributed by atoms with Gasteiger partial charge in [0.1, 0.15) is 5.00 Å². The van der Waals surface area contributed by atoms with Gasteiger partial charge in [0.25, 0.3) is 0 Å². The zero-order valence-corrected chi connectivity index (χ0v) is 13.0. The molecule has 21 heavy (non-hydrogen) atoms. The zero-order chi connectivity index (χ0) is 15.7. The van der Waals surface area contributed by atoms with Crippen LogP contribution in [0.1, 0.15) is 43.0 Å². The second kappa shape index (κ2) is 9.36. The molecule has 0 fully saturated rings. The lowest BCUT2D eigenvalue weighted by molar-refractivity contribution is 0.0698. The molecule has 0 radical (unpaired) electrons. The number of aromatic carboxylic acids is 1. The molecule has 6 nitrogen and oxygen atoms in total. The van der Waals surface area contributed by atoms with E-state index < -0.39 is 5.97 Å². The summed E-state index contributed by atoms with van der Waals surface area (Å²) in [4.78, 5) is 24.7. The number of urea groups is 1. The van der Waals surface area contributed by atoms with E-state index in [1.807, 2.05) is 0 Å². The van der Waals surface area contributed by atoms with Crippen molar-refractivity contribution in [2.45, 2.75) is 32.6 Å². The van der Waals surface area contributed by atoms with Crippen LogP contribution in [0.25, 0.3) is 0 Å². The Bertz CT molecular complexity index is 462. The van der Waals surface area contributed by atoms with Crippen LogP contribution in [-0.2, 0) is 0 Å². The molecule has 1 aromatic rings. The number of aliphatic hydroxyl groups excluding tert-OH is 1. The van der Waals surface area contributed by atoms with Gasteiger partial charge in [-0.3, -0.25) is 5.32 Å². The number of thiophene rings is 1. The van der Waals surface area contributed by atoms with Crippen molar-refractivity contribution >= 4 is 28.3 Å². The average Bonchev–Trinajstić information content (AvgIpc) is 2.90. The maximum atomic E-state index is 12.2. The predicted molar refractivity (Wildman–Crippen MR) is 83.1 cm³/mol. The Labute approximate surface area is 128 Å². The molecule has 0 aromatic carbocycles. The summed E-state index contributed by atoms with van der Waals surface area (Å²) in [6.07, 6.45) is 4.13. The van der Waals surface area contributed by atoms with E-state index in [1.54, 1.807) is 5.38 Å². The van der Waals surface area contributed by atoms with Crippen LogP contribution in [-0.4, -0.2) is 46.8 Å². The number of anilines is 1. The van der Waals surface area contributed by atoms with Crippen LogP contribution in [0.5, 0.6) is 0 Å². The van der Waals surface area contributed by atoms with Crippen molar-refractivity contribution in [3.05, 3.63) is 17.0 Å². The molecule has 0 atom stereocenters. The summed E-state index contributed by atoms with van der Waals surface area (Å²) < 4.78 is 0. The van der Waals surface area contributed by atoms with Gasteiger partial charge >= 0.3 is 12.0 Å². The topological polar surface area (TPSA) is 89.9 Å². The Hall–Kier alpha value is -1.60. The maximum Gasteiger partial charge on any atom is 0.338 e. The number of unbranched alkanes of at least 4 members (excludes halogenated alkanes) is 3. The lowest BCUT2D eigenvalue weighted by Crippen LogP contribution is -2.37. The first kappa shape index (κ1) is 17.5. The second-order valence-corrected chi connectivity index (χ2v) is 5.59. The van der Waals surface area contributed by atoms with Crippen molar-refractivity contribution in [2.75, 3.05) is 25.0 Å². The molecule has 0 unspecified atom stereocenters. The standard InChI is InChI=1S/C14H22N2O4S/c1-2-3-4-5-7-16(8-9-17)14(20)15-12-11(13(18)19)6-10-21-12/h6,10,17H,2-5,7-9H2,1H3,(H,15,20)(H,18,19). The van der Waals surface area contributed by atoms with Crippen LogP contribution in [0, 0.1) is 0 Å². The number of aliphatic hydroxyl groups is 1. The molecule has 7 heteroatoms. The fraction of sp³-hybridized carbons (Fsp3) is 0.571. The molecular formula is C14H22N2O4S. The Morgan fingerprint density at radius 2 is 2.05 bits per heavy atom. The number of amides is 2. The Kier molecular flexibility index (Phi) is 7.78. The minimum atomic E-state index is -1.07. The summed E-state index contributed by atoms with van der Waals surface area (Å²) in [7, 11) is 0. The normalized spacial score (nSPS) is 10.4. The van der Waals surface area contributed by atoms with Gasteiger partial charge in [0.05, 0.1) is 12.2 Å². The van der Waals surface area contributed by atoms with Gasteiger partial charge in [-0.1, -0.05) is 26.2 Å². The fourth-order valence-electron chi connectivity index (χ4n) is 1.92. The molecule has 0 bridgehead atoms. The number of nitrogens with zero attached hydrogens (tertiary/aromatic N) is 1. The number of carbonyl (C=O) groups excluding carboxylic acids is 1. The third kappa shape index (κ3) is 5.73. The fourth-order valence-corrected chi connectivity index (χ4v) is 2.68. The molecule has 0 spiro atoms. The van der Waals surface area contributed by atoms with E-state index in [4.69, 9.17) is 10.2 Å². The molecule has 0 aliphatic heterocycles. The highest BCUT2D eigenvalue weighted by Gasteiger charge is 2.17. The van der Waals surface area contributed by atoms with Gasteiger partial charge in [0.2, 0.25) is 0 Å². The highest BCUT2D eigenvalue weighted by atomic mass is 32.1. The maximum absolute atomic E-state index is 12.2. The SMILES string of the molecule is CCCCCCN(CCO)C(=O)Nc1sccc1C(=O)O. The van der Waals surface area contributed by atoms with Crippen LogP contribution >= 0.6 is 11.3 Å². The highest BCUT2D eigenvalue weighted by molar-refractivity contribution is 7.14. The lowest BCUT2D eigenvalue weighted by Gasteiger charge is -2.22. The van der Waals surface area contributed by atoms with Crippen molar-refractivity contribution in [3.63, 3.8) is 0 Å².